The lowest BCUT2D eigenvalue weighted by Crippen LogP contribution is -2.27. The van der Waals surface area contributed by atoms with Crippen molar-refractivity contribution in [3.63, 3.8) is 0 Å². The lowest BCUT2D eigenvalue weighted by Gasteiger charge is -2.16. The molecule has 0 heterocycles. The summed E-state index contributed by atoms with van der Waals surface area (Å²) in [5.74, 6) is -0.205. The maximum absolute atomic E-state index is 12.1. The van der Waals surface area contributed by atoms with Crippen molar-refractivity contribution < 1.29 is 19.4 Å². The Labute approximate surface area is 287 Å². The first-order valence-corrected chi connectivity index (χ1v) is 20.1. The Balaban J connectivity index is 3.45. The number of carbonyl (C=O) groups is 1. The molecule has 0 aliphatic carbocycles. The zero-order chi connectivity index (χ0) is 33.4. The molecule has 0 rings (SSSR count). The fourth-order valence-corrected chi connectivity index (χ4v) is 5.69. The fraction of sp³-hybridized carbons (Fsp3) is 0.833. The summed E-state index contributed by atoms with van der Waals surface area (Å²) in [6.45, 7) is 5.32. The van der Waals surface area contributed by atoms with E-state index in [0.29, 0.717) is 19.6 Å². The zero-order valence-corrected chi connectivity index (χ0v) is 30.8. The van der Waals surface area contributed by atoms with Crippen molar-refractivity contribution in [3.05, 3.63) is 36.5 Å². The molecule has 0 aromatic carbocycles. The van der Waals surface area contributed by atoms with Crippen LogP contribution in [-0.2, 0) is 14.3 Å². The molecular weight excluding hydrogens is 568 g/mol. The van der Waals surface area contributed by atoms with Crippen LogP contribution >= 0.6 is 0 Å². The molecule has 0 saturated heterocycles. The highest BCUT2D eigenvalue weighted by Gasteiger charge is 2.13. The van der Waals surface area contributed by atoms with E-state index in [1.54, 1.807) is 0 Å². The predicted molar refractivity (Wildman–Crippen MR) is 200 cm³/mol. The summed E-state index contributed by atoms with van der Waals surface area (Å²) in [5.41, 5.74) is 0. The van der Waals surface area contributed by atoms with Gasteiger partial charge in [0.2, 0.25) is 0 Å². The quantitative estimate of drug-likeness (QED) is 0.0414. The van der Waals surface area contributed by atoms with Gasteiger partial charge >= 0.3 is 5.97 Å². The van der Waals surface area contributed by atoms with Crippen LogP contribution in [-0.4, -0.2) is 37.0 Å². The second-order valence-corrected chi connectivity index (χ2v) is 13.4. The molecule has 0 aromatic rings. The van der Waals surface area contributed by atoms with E-state index in [-0.39, 0.29) is 12.6 Å². The summed E-state index contributed by atoms with van der Waals surface area (Å²) in [7, 11) is 0. The van der Waals surface area contributed by atoms with E-state index >= 15 is 0 Å². The lowest BCUT2D eigenvalue weighted by atomic mass is 10.0. The van der Waals surface area contributed by atoms with E-state index in [1.807, 2.05) is 0 Å². The smallest absolute Gasteiger partial charge is 0.306 e. The van der Waals surface area contributed by atoms with Gasteiger partial charge in [-0.3, -0.25) is 4.79 Å². The summed E-state index contributed by atoms with van der Waals surface area (Å²) in [6.07, 6.45) is 49.1. The minimum Gasteiger partial charge on any atom is -0.457 e. The van der Waals surface area contributed by atoms with Crippen LogP contribution in [0.25, 0.3) is 0 Å². The predicted octanol–water partition coefficient (Wildman–Crippen LogP) is 12.9. The number of unbranched alkanes of at least 4 members (excludes halogenated alkanes) is 23. The molecular formula is C42H78O4. The van der Waals surface area contributed by atoms with Crippen LogP contribution in [0.2, 0.25) is 0 Å². The van der Waals surface area contributed by atoms with Crippen molar-refractivity contribution in [2.24, 2.45) is 0 Å². The van der Waals surface area contributed by atoms with Crippen LogP contribution in [0.5, 0.6) is 0 Å². The number of rotatable bonds is 37. The number of esters is 1. The second kappa shape index (κ2) is 39.8. The molecule has 4 heteroatoms. The topological polar surface area (TPSA) is 55.8 Å². The molecule has 1 atom stereocenters. The van der Waals surface area contributed by atoms with Gasteiger partial charge in [0.25, 0.3) is 0 Å². The van der Waals surface area contributed by atoms with Crippen LogP contribution in [0, 0.1) is 0 Å². The number of ether oxygens (including phenoxy) is 2. The van der Waals surface area contributed by atoms with Crippen molar-refractivity contribution in [1.82, 2.24) is 0 Å². The zero-order valence-electron chi connectivity index (χ0n) is 30.8. The molecule has 46 heavy (non-hydrogen) atoms. The Morgan fingerprint density at radius 2 is 0.913 bits per heavy atom. The van der Waals surface area contributed by atoms with Crippen LogP contribution in [0.4, 0.5) is 0 Å². The third kappa shape index (κ3) is 37.1. The van der Waals surface area contributed by atoms with Gasteiger partial charge in [0.1, 0.15) is 6.10 Å². The SMILES string of the molecule is CCCCCCC/C=C\C/C=C\C/C=C\CCCCCCCCCOCC(CO)OC(=O)CCCCCCCCCCCCCC. The number of aliphatic hydroxyl groups excluding tert-OH is 1. The van der Waals surface area contributed by atoms with E-state index in [0.717, 1.165) is 32.1 Å². The molecule has 0 radical (unpaired) electrons. The summed E-state index contributed by atoms with van der Waals surface area (Å²) < 4.78 is 11.1. The summed E-state index contributed by atoms with van der Waals surface area (Å²) in [4.78, 5) is 12.1. The van der Waals surface area contributed by atoms with Gasteiger partial charge in [0.05, 0.1) is 13.2 Å². The first kappa shape index (κ1) is 44.6. The van der Waals surface area contributed by atoms with Crippen molar-refractivity contribution in [3.8, 4) is 0 Å². The highest BCUT2D eigenvalue weighted by atomic mass is 16.6. The molecule has 0 bridgehead atoms. The molecule has 0 aromatic heterocycles. The number of carbonyl (C=O) groups excluding carboxylic acids is 1. The third-order valence-corrected chi connectivity index (χ3v) is 8.72. The average Bonchev–Trinajstić information content (AvgIpc) is 3.06. The number of allylic oxidation sites excluding steroid dienone is 6. The van der Waals surface area contributed by atoms with E-state index in [2.05, 4.69) is 50.3 Å². The van der Waals surface area contributed by atoms with Crippen molar-refractivity contribution in [1.29, 1.82) is 0 Å². The van der Waals surface area contributed by atoms with E-state index in [4.69, 9.17) is 9.47 Å². The molecule has 270 valence electrons. The molecule has 0 aliphatic rings. The Morgan fingerprint density at radius 3 is 1.37 bits per heavy atom. The van der Waals surface area contributed by atoms with Crippen LogP contribution in [0.15, 0.2) is 36.5 Å². The third-order valence-electron chi connectivity index (χ3n) is 8.72. The van der Waals surface area contributed by atoms with Crippen LogP contribution < -0.4 is 0 Å². The minimum absolute atomic E-state index is 0.174. The maximum Gasteiger partial charge on any atom is 0.306 e. The second-order valence-electron chi connectivity index (χ2n) is 13.4. The van der Waals surface area contributed by atoms with Gasteiger partial charge in [-0.15, -0.1) is 0 Å². The normalized spacial score (nSPS) is 12.7. The monoisotopic (exact) mass is 647 g/mol. The number of hydrogen-bond acceptors (Lipinski definition) is 4. The van der Waals surface area contributed by atoms with Crippen molar-refractivity contribution in [2.45, 2.75) is 206 Å². The van der Waals surface area contributed by atoms with Gasteiger partial charge in [-0.05, 0) is 51.4 Å². The van der Waals surface area contributed by atoms with Gasteiger partial charge in [0.15, 0.2) is 0 Å². The van der Waals surface area contributed by atoms with Crippen LogP contribution in [0.3, 0.4) is 0 Å². The first-order chi connectivity index (χ1) is 22.7. The Hall–Kier alpha value is -1.39. The molecule has 0 fully saturated rings. The Kier molecular flexibility index (Phi) is 38.6. The van der Waals surface area contributed by atoms with Gasteiger partial charge in [-0.1, -0.05) is 179 Å². The summed E-state index contributed by atoms with van der Waals surface area (Å²) in [6, 6.07) is 0. The first-order valence-electron chi connectivity index (χ1n) is 20.1. The van der Waals surface area contributed by atoms with E-state index in [9.17, 15) is 9.90 Å². The molecule has 0 saturated carbocycles. The van der Waals surface area contributed by atoms with Gasteiger partial charge in [-0.25, -0.2) is 0 Å². The largest absolute Gasteiger partial charge is 0.457 e. The molecule has 1 N–H and O–H groups in total. The Morgan fingerprint density at radius 1 is 0.522 bits per heavy atom. The van der Waals surface area contributed by atoms with E-state index in [1.165, 1.54) is 148 Å². The molecule has 1 unspecified atom stereocenters. The van der Waals surface area contributed by atoms with Gasteiger partial charge < -0.3 is 14.6 Å². The van der Waals surface area contributed by atoms with Crippen molar-refractivity contribution in [2.75, 3.05) is 19.8 Å². The Bertz CT molecular complexity index is 683. The standard InChI is InChI=1S/C42H78O4/c1-3-5-7-9-11-13-15-17-18-19-20-21-22-23-24-25-26-28-30-32-34-36-38-45-40-41(39-43)46-42(44)37-35-33-31-29-27-16-14-12-10-8-6-4-2/h15,17,19-20,22-23,41,43H,3-14,16,18,21,24-40H2,1-2H3/b17-15-,20-19-,23-22-. The number of aliphatic hydroxyl groups is 1. The van der Waals surface area contributed by atoms with Gasteiger partial charge in [0, 0.05) is 13.0 Å². The van der Waals surface area contributed by atoms with E-state index < -0.39 is 6.10 Å². The fourth-order valence-electron chi connectivity index (χ4n) is 5.69. The van der Waals surface area contributed by atoms with Gasteiger partial charge in [-0.2, -0.15) is 0 Å². The highest BCUT2D eigenvalue weighted by molar-refractivity contribution is 5.69. The summed E-state index contributed by atoms with van der Waals surface area (Å²) in [5, 5.41) is 9.56. The molecule has 4 nitrogen and oxygen atoms in total. The maximum atomic E-state index is 12.1. The molecule has 0 aliphatic heterocycles. The molecule has 0 amide bonds. The van der Waals surface area contributed by atoms with Crippen molar-refractivity contribution >= 4 is 5.97 Å². The van der Waals surface area contributed by atoms with Crippen LogP contribution in [0.1, 0.15) is 200 Å². The highest BCUT2D eigenvalue weighted by Crippen LogP contribution is 2.13. The number of hydrogen-bond donors (Lipinski definition) is 1. The average molecular weight is 647 g/mol. The minimum atomic E-state index is -0.535. The molecule has 0 spiro atoms. The lowest BCUT2D eigenvalue weighted by molar-refractivity contribution is -0.154. The summed E-state index contributed by atoms with van der Waals surface area (Å²) >= 11 is 0.